The Kier molecular flexibility index (Phi) is 11.9. The zero-order valence-electron chi connectivity index (χ0n) is 23.3. The Balaban J connectivity index is 1.82. The number of halogens is 1. The van der Waals surface area contributed by atoms with Crippen LogP contribution in [-0.4, -0.2) is 55.6 Å². The van der Waals surface area contributed by atoms with Crippen LogP contribution in [0.1, 0.15) is 37.8 Å². The first kappa shape index (κ1) is 31.5. The summed E-state index contributed by atoms with van der Waals surface area (Å²) in [4.78, 5) is 29.1. The maximum Gasteiger partial charge on any atom is 0.243 e. The van der Waals surface area contributed by atoms with E-state index in [-0.39, 0.29) is 42.1 Å². The van der Waals surface area contributed by atoms with E-state index in [1.54, 1.807) is 35.2 Å². The predicted octanol–water partition coefficient (Wildman–Crippen LogP) is 5.26. The molecule has 0 aliphatic rings. The number of nitrogens with one attached hydrogen (secondary N) is 1. The fraction of sp³-hybridized carbons (Fsp3) is 0.355. The molecule has 9 heteroatoms. The van der Waals surface area contributed by atoms with Crippen LogP contribution in [0.4, 0.5) is 0 Å². The highest BCUT2D eigenvalue weighted by Crippen LogP contribution is 2.20. The van der Waals surface area contributed by atoms with Crippen molar-refractivity contribution in [2.75, 3.05) is 20.1 Å². The average Bonchev–Trinajstić information content (AvgIpc) is 2.94. The quantitative estimate of drug-likeness (QED) is 0.264. The Morgan fingerprint density at radius 3 is 2.15 bits per heavy atom. The molecule has 0 spiro atoms. The topological polar surface area (TPSA) is 86.8 Å². The molecule has 214 valence electrons. The summed E-state index contributed by atoms with van der Waals surface area (Å²) < 4.78 is 28.0. The van der Waals surface area contributed by atoms with Gasteiger partial charge in [0, 0.05) is 44.0 Å². The molecular formula is C31H38BrN3O4S. The normalized spacial score (nSPS) is 12.3. The number of rotatable bonds is 14. The Bertz CT molecular complexity index is 1350. The minimum atomic E-state index is -3.66. The summed E-state index contributed by atoms with van der Waals surface area (Å²) in [6.45, 7) is 4.98. The molecule has 40 heavy (non-hydrogen) atoms. The van der Waals surface area contributed by atoms with E-state index in [2.05, 4.69) is 21.2 Å². The maximum absolute atomic E-state index is 13.8. The van der Waals surface area contributed by atoms with Gasteiger partial charge in [-0.25, -0.2) is 12.7 Å². The molecule has 7 nitrogen and oxygen atoms in total. The number of nitrogens with zero attached hydrogens (tertiary/aromatic N) is 2. The summed E-state index contributed by atoms with van der Waals surface area (Å²) in [6, 6.07) is 24.9. The molecule has 0 fully saturated rings. The van der Waals surface area contributed by atoms with E-state index in [9.17, 15) is 18.0 Å². The van der Waals surface area contributed by atoms with Crippen molar-refractivity contribution in [3.8, 4) is 0 Å². The second-order valence-corrected chi connectivity index (χ2v) is 13.2. The van der Waals surface area contributed by atoms with Crippen LogP contribution in [0.3, 0.4) is 0 Å². The first-order valence-corrected chi connectivity index (χ1v) is 15.7. The van der Waals surface area contributed by atoms with Gasteiger partial charge in [-0.2, -0.15) is 0 Å². The van der Waals surface area contributed by atoms with Gasteiger partial charge in [0.1, 0.15) is 6.04 Å². The van der Waals surface area contributed by atoms with Gasteiger partial charge in [0.2, 0.25) is 21.8 Å². The van der Waals surface area contributed by atoms with Gasteiger partial charge in [0.15, 0.2) is 0 Å². The molecule has 0 aliphatic heterocycles. The molecule has 3 aromatic carbocycles. The number of hydrogen-bond donors (Lipinski definition) is 1. The summed E-state index contributed by atoms with van der Waals surface area (Å²) in [6.07, 6.45) is 0.792. The third-order valence-corrected chi connectivity index (χ3v) is 8.88. The SMILES string of the molecule is CC(C)CNC(=O)[C@H](Cc1ccccc1)N(Cc1cccc(Br)c1)C(=O)CCCN(C)S(=O)(=O)c1ccccc1. The smallest absolute Gasteiger partial charge is 0.243 e. The van der Waals surface area contributed by atoms with Crippen molar-refractivity contribution >= 4 is 37.8 Å². The minimum Gasteiger partial charge on any atom is -0.354 e. The van der Waals surface area contributed by atoms with Crippen LogP contribution < -0.4 is 5.32 Å². The molecule has 0 radical (unpaired) electrons. The molecule has 3 aromatic rings. The van der Waals surface area contributed by atoms with Gasteiger partial charge >= 0.3 is 0 Å². The van der Waals surface area contributed by atoms with Crippen LogP contribution >= 0.6 is 15.9 Å². The highest BCUT2D eigenvalue weighted by atomic mass is 79.9. The van der Waals surface area contributed by atoms with Gasteiger partial charge in [0.25, 0.3) is 0 Å². The number of carbonyl (C=O) groups is 2. The second kappa shape index (κ2) is 15.1. The molecule has 0 heterocycles. The lowest BCUT2D eigenvalue weighted by Gasteiger charge is -2.32. The van der Waals surface area contributed by atoms with E-state index in [1.807, 2.05) is 68.4 Å². The highest BCUT2D eigenvalue weighted by molar-refractivity contribution is 9.10. The molecule has 0 aliphatic carbocycles. The summed E-state index contributed by atoms with van der Waals surface area (Å²) in [5, 5.41) is 3.02. The lowest BCUT2D eigenvalue weighted by Crippen LogP contribution is -2.51. The first-order chi connectivity index (χ1) is 19.1. The molecule has 1 N–H and O–H groups in total. The zero-order chi connectivity index (χ0) is 29.1. The molecule has 0 unspecified atom stereocenters. The highest BCUT2D eigenvalue weighted by Gasteiger charge is 2.30. The standard InChI is InChI=1S/C31H38BrN3O4S/c1-24(2)22-33-31(37)29(21-25-12-6-4-7-13-25)35(23-26-14-10-15-27(32)20-26)30(36)18-11-19-34(3)40(38,39)28-16-8-5-9-17-28/h4-10,12-17,20,24,29H,11,18-19,21-23H2,1-3H3,(H,33,37)/t29-/m0/s1. The molecule has 0 saturated carbocycles. The van der Waals surface area contributed by atoms with Crippen LogP contribution in [0, 0.1) is 5.92 Å². The van der Waals surface area contributed by atoms with Crippen molar-refractivity contribution in [3.63, 3.8) is 0 Å². The molecule has 3 rings (SSSR count). The minimum absolute atomic E-state index is 0.103. The van der Waals surface area contributed by atoms with E-state index >= 15 is 0 Å². The monoisotopic (exact) mass is 627 g/mol. The van der Waals surface area contributed by atoms with Crippen molar-refractivity contribution in [1.29, 1.82) is 0 Å². The molecule has 1 atom stereocenters. The van der Waals surface area contributed by atoms with Crippen LogP contribution in [-0.2, 0) is 32.6 Å². The summed E-state index contributed by atoms with van der Waals surface area (Å²) in [7, 11) is -2.14. The third kappa shape index (κ3) is 9.28. The van der Waals surface area contributed by atoms with Gasteiger partial charge in [-0.3, -0.25) is 9.59 Å². The second-order valence-electron chi connectivity index (χ2n) is 10.2. The van der Waals surface area contributed by atoms with Gasteiger partial charge in [0.05, 0.1) is 4.90 Å². The summed E-state index contributed by atoms with van der Waals surface area (Å²) in [5.41, 5.74) is 1.84. The van der Waals surface area contributed by atoms with Crippen molar-refractivity contribution in [2.45, 2.75) is 50.6 Å². The van der Waals surface area contributed by atoms with Gasteiger partial charge in [-0.1, -0.05) is 90.4 Å². The molecule has 2 amide bonds. The fourth-order valence-corrected chi connectivity index (χ4v) is 5.97. The third-order valence-electron chi connectivity index (χ3n) is 6.51. The van der Waals surface area contributed by atoms with Crippen LogP contribution in [0.2, 0.25) is 0 Å². The number of hydrogen-bond acceptors (Lipinski definition) is 4. The predicted molar refractivity (Wildman–Crippen MR) is 162 cm³/mol. The number of amides is 2. The van der Waals surface area contributed by atoms with Gasteiger partial charge < -0.3 is 10.2 Å². The van der Waals surface area contributed by atoms with Crippen molar-refractivity contribution in [2.24, 2.45) is 5.92 Å². The Morgan fingerprint density at radius 2 is 1.52 bits per heavy atom. The zero-order valence-corrected chi connectivity index (χ0v) is 25.7. The van der Waals surface area contributed by atoms with E-state index in [0.717, 1.165) is 15.6 Å². The van der Waals surface area contributed by atoms with Gasteiger partial charge in [-0.05, 0) is 47.7 Å². The largest absolute Gasteiger partial charge is 0.354 e. The van der Waals surface area contributed by atoms with Crippen molar-refractivity contribution in [3.05, 3.63) is 101 Å². The van der Waals surface area contributed by atoms with Crippen molar-refractivity contribution in [1.82, 2.24) is 14.5 Å². The van der Waals surface area contributed by atoms with E-state index in [4.69, 9.17) is 0 Å². The van der Waals surface area contributed by atoms with Crippen LogP contribution in [0.5, 0.6) is 0 Å². The van der Waals surface area contributed by atoms with E-state index in [1.165, 1.54) is 11.4 Å². The lowest BCUT2D eigenvalue weighted by atomic mass is 10.0. The Labute approximate surface area is 246 Å². The summed E-state index contributed by atoms with van der Waals surface area (Å²) in [5.74, 6) is -0.145. The van der Waals surface area contributed by atoms with Crippen LogP contribution in [0.15, 0.2) is 94.3 Å². The molecular weight excluding hydrogens is 590 g/mol. The van der Waals surface area contributed by atoms with E-state index < -0.39 is 16.1 Å². The molecule has 0 bridgehead atoms. The fourth-order valence-electron chi connectivity index (χ4n) is 4.30. The Morgan fingerprint density at radius 1 is 0.900 bits per heavy atom. The Hall–Kier alpha value is -3.01. The first-order valence-electron chi connectivity index (χ1n) is 13.4. The number of sulfonamides is 1. The summed E-state index contributed by atoms with van der Waals surface area (Å²) >= 11 is 3.50. The maximum atomic E-state index is 13.8. The molecule has 0 aromatic heterocycles. The van der Waals surface area contributed by atoms with Gasteiger partial charge in [-0.15, -0.1) is 0 Å². The number of carbonyl (C=O) groups excluding carboxylic acids is 2. The number of benzene rings is 3. The van der Waals surface area contributed by atoms with Crippen molar-refractivity contribution < 1.29 is 18.0 Å². The lowest BCUT2D eigenvalue weighted by molar-refractivity contribution is -0.141. The average molecular weight is 629 g/mol. The molecule has 0 saturated heterocycles. The van der Waals surface area contributed by atoms with E-state index in [0.29, 0.717) is 19.4 Å². The van der Waals surface area contributed by atoms with Crippen LogP contribution in [0.25, 0.3) is 0 Å².